The van der Waals surface area contributed by atoms with Crippen LogP contribution in [0.2, 0.25) is 0 Å². The number of para-hydroxylation sites is 1. The molecule has 0 unspecified atom stereocenters. The second-order valence-electron chi connectivity index (χ2n) is 11.2. The quantitative estimate of drug-likeness (QED) is 0.163. The SMILES string of the molecule is CN1C=CN(c2[c-]c3c(cc2)-c2ccccc2B2c4ccccc4-c4ccc(N5C=CN(c6ccccc6)[CH-]5)[c-]c4N23)[CH-]1.[Pd]. The molecule has 5 aromatic rings. The minimum Gasteiger partial charge on any atom is -0.510 e. The third kappa shape index (κ3) is 4.12. The Hall–Kier alpha value is -4.69. The van der Waals surface area contributed by atoms with E-state index in [1.54, 1.807) is 0 Å². The Morgan fingerprint density at radius 3 is 1.64 bits per heavy atom. The predicted molar refractivity (Wildman–Crippen MR) is 177 cm³/mol. The maximum Gasteiger partial charge on any atom is 0.324 e. The zero-order valence-corrected chi connectivity index (χ0v) is 25.5. The number of hydrogen-bond donors (Lipinski definition) is 0. The first-order chi connectivity index (χ1) is 21.2. The Kier molecular flexibility index (Phi) is 6.41. The number of benzene rings is 5. The Bertz CT molecular complexity index is 1960. The minimum absolute atomic E-state index is 0. The summed E-state index contributed by atoms with van der Waals surface area (Å²) in [6, 6.07) is 44.5. The van der Waals surface area contributed by atoms with Crippen LogP contribution in [0.3, 0.4) is 0 Å². The molecule has 4 aliphatic rings. The summed E-state index contributed by atoms with van der Waals surface area (Å²) in [6.07, 6.45) is 8.31. The van der Waals surface area contributed by atoms with Crippen molar-refractivity contribution in [3.05, 3.63) is 153 Å². The molecule has 0 atom stereocenters. The van der Waals surface area contributed by atoms with Crippen LogP contribution in [-0.2, 0) is 20.4 Å². The van der Waals surface area contributed by atoms with Gasteiger partial charge < -0.3 is 24.4 Å². The van der Waals surface area contributed by atoms with Crippen molar-refractivity contribution in [2.75, 3.05) is 26.6 Å². The molecule has 4 aliphatic heterocycles. The normalized spacial score (nSPS) is 15.5. The molecule has 7 heteroatoms. The molecule has 0 saturated carbocycles. The van der Waals surface area contributed by atoms with E-state index in [1.807, 2.05) is 13.1 Å². The molecule has 0 aromatic heterocycles. The van der Waals surface area contributed by atoms with Gasteiger partial charge in [0.1, 0.15) is 0 Å². The Labute approximate surface area is 272 Å². The van der Waals surface area contributed by atoms with Crippen molar-refractivity contribution in [2.24, 2.45) is 0 Å². The van der Waals surface area contributed by atoms with Crippen LogP contribution < -0.4 is 30.4 Å². The van der Waals surface area contributed by atoms with Crippen molar-refractivity contribution in [3.63, 3.8) is 0 Å². The van der Waals surface area contributed by atoms with Crippen LogP contribution in [0.25, 0.3) is 22.3 Å². The van der Waals surface area contributed by atoms with Gasteiger partial charge in [-0.3, -0.25) is 0 Å². The van der Waals surface area contributed by atoms with E-state index in [4.69, 9.17) is 0 Å². The molecular formula is C37H26BN5Pd-4. The van der Waals surface area contributed by atoms with Crippen molar-refractivity contribution < 1.29 is 20.4 Å². The minimum atomic E-state index is 0. The summed E-state index contributed by atoms with van der Waals surface area (Å²) < 4.78 is 0. The first-order valence-corrected chi connectivity index (χ1v) is 14.5. The van der Waals surface area contributed by atoms with Gasteiger partial charge in [0.25, 0.3) is 0 Å². The van der Waals surface area contributed by atoms with Crippen molar-refractivity contribution in [3.8, 4) is 22.3 Å². The molecule has 0 aliphatic carbocycles. The van der Waals surface area contributed by atoms with Gasteiger partial charge in [-0.25, -0.2) is 0 Å². The molecule has 9 rings (SSSR count). The number of nitrogens with zero attached hydrogens (tertiary/aromatic N) is 5. The molecule has 0 amide bonds. The van der Waals surface area contributed by atoms with Gasteiger partial charge in [0.05, 0.1) is 0 Å². The van der Waals surface area contributed by atoms with Crippen molar-refractivity contribution in [2.45, 2.75) is 0 Å². The zero-order valence-electron chi connectivity index (χ0n) is 23.9. The van der Waals surface area contributed by atoms with E-state index in [1.165, 1.54) is 33.2 Å². The molecule has 0 fully saturated rings. The van der Waals surface area contributed by atoms with E-state index in [2.05, 4.69) is 172 Å². The van der Waals surface area contributed by atoms with Gasteiger partial charge in [0, 0.05) is 26.1 Å². The fourth-order valence-corrected chi connectivity index (χ4v) is 6.68. The number of rotatable bonds is 3. The summed E-state index contributed by atoms with van der Waals surface area (Å²) in [5.41, 5.74) is 12.7. The second kappa shape index (κ2) is 10.5. The third-order valence-electron chi connectivity index (χ3n) is 8.67. The van der Waals surface area contributed by atoms with Crippen LogP contribution >= 0.6 is 0 Å². The summed E-state index contributed by atoms with van der Waals surface area (Å²) in [5, 5.41) is 0. The van der Waals surface area contributed by atoms with Crippen molar-refractivity contribution >= 4 is 46.2 Å². The number of fused-ring (bicyclic) bond motifs is 11. The maximum atomic E-state index is 3.87. The number of hydrogen-bond acceptors (Lipinski definition) is 5. The fourth-order valence-electron chi connectivity index (χ4n) is 6.68. The largest absolute Gasteiger partial charge is 0.510 e. The van der Waals surface area contributed by atoms with Crippen LogP contribution in [0.4, 0.5) is 28.4 Å². The summed E-state index contributed by atoms with van der Waals surface area (Å²) in [5.74, 6) is 0. The molecule has 0 N–H and O–H groups in total. The molecule has 5 aromatic carbocycles. The standard InChI is InChI=1S/C37H26BN5.Pd/c1-39-19-20-40(25-39)28-15-17-32-30-11-5-7-13-34(30)38-35-14-8-6-12-31(35)33-18-16-29(24-37(33)43(38)36(32)23-28)42-22-21-41(26-42)27-9-3-2-4-10-27;/h2-22,25-26H,1H3;/q-4;. The molecule has 4 heterocycles. The van der Waals surface area contributed by atoms with E-state index >= 15 is 0 Å². The number of anilines is 5. The Balaban J connectivity index is 0.00000289. The third-order valence-corrected chi connectivity index (χ3v) is 8.67. The Morgan fingerprint density at radius 2 is 1.05 bits per heavy atom. The van der Waals surface area contributed by atoms with Gasteiger partial charge in [0.2, 0.25) is 0 Å². The topological polar surface area (TPSA) is 16.2 Å². The summed E-state index contributed by atoms with van der Waals surface area (Å²) in [7, 11) is 2.04. The van der Waals surface area contributed by atoms with Crippen molar-refractivity contribution in [1.29, 1.82) is 0 Å². The van der Waals surface area contributed by atoms with Crippen molar-refractivity contribution in [1.82, 2.24) is 4.90 Å². The van der Waals surface area contributed by atoms with E-state index in [0.717, 1.165) is 28.4 Å². The predicted octanol–water partition coefficient (Wildman–Crippen LogP) is 6.45. The van der Waals surface area contributed by atoms with Crippen LogP contribution in [-0.4, -0.2) is 18.8 Å². The average Bonchev–Trinajstić information content (AvgIpc) is 3.74. The molecule has 0 spiro atoms. The first kappa shape index (κ1) is 26.9. The smallest absolute Gasteiger partial charge is 0.324 e. The molecule has 216 valence electrons. The second-order valence-corrected chi connectivity index (χ2v) is 11.2. The van der Waals surface area contributed by atoms with E-state index in [-0.39, 0.29) is 27.3 Å². The first-order valence-electron chi connectivity index (χ1n) is 14.5. The monoisotopic (exact) mass is 657 g/mol. The summed E-state index contributed by atoms with van der Waals surface area (Å²) >= 11 is 0. The van der Waals surface area contributed by atoms with E-state index in [0.29, 0.717) is 0 Å². The summed E-state index contributed by atoms with van der Waals surface area (Å²) in [6.45, 7) is 4.19. The van der Waals surface area contributed by atoms with Gasteiger partial charge >= 0.3 is 6.85 Å². The molecule has 44 heavy (non-hydrogen) atoms. The Morgan fingerprint density at radius 1 is 0.523 bits per heavy atom. The molecule has 0 saturated heterocycles. The molecule has 5 nitrogen and oxygen atoms in total. The molecule has 0 bridgehead atoms. The van der Waals surface area contributed by atoms with Gasteiger partial charge in [-0.1, -0.05) is 100 Å². The molecular weight excluding hydrogens is 632 g/mol. The average molecular weight is 658 g/mol. The van der Waals surface area contributed by atoms with Crippen LogP contribution in [0.5, 0.6) is 0 Å². The maximum absolute atomic E-state index is 3.87. The van der Waals surface area contributed by atoms with Gasteiger partial charge in [-0.05, 0) is 44.0 Å². The van der Waals surface area contributed by atoms with Crippen LogP contribution in [0, 0.1) is 25.5 Å². The van der Waals surface area contributed by atoms with Gasteiger partial charge in [0.15, 0.2) is 0 Å². The summed E-state index contributed by atoms with van der Waals surface area (Å²) in [4.78, 5) is 10.9. The van der Waals surface area contributed by atoms with E-state index < -0.39 is 0 Å². The fraction of sp³-hybridized carbons (Fsp3) is 0.0270. The van der Waals surface area contributed by atoms with Crippen LogP contribution in [0.15, 0.2) is 128 Å². The molecule has 0 radical (unpaired) electrons. The van der Waals surface area contributed by atoms with Gasteiger partial charge in [-0.15, -0.1) is 53.4 Å². The zero-order chi connectivity index (χ0) is 28.5. The van der Waals surface area contributed by atoms with Crippen LogP contribution in [0.1, 0.15) is 0 Å². The van der Waals surface area contributed by atoms with E-state index in [9.17, 15) is 0 Å². The van der Waals surface area contributed by atoms with Gasteiger partial charge in [-0.2, -0.15) is 18.8 Å².